The third-order valence-corrected chi connectivity index (χ3v) is 4.12. The lowest BCUT2D eigenvalue weighted by molar-refractivity contribution is 0.0966. The molecule has 2 nitrogen and oxygen atoms in total. The van der Waals surface area contributed by atoms with Crippen molar-refractivity contribution in [3.8, 4) is 5.75 Å². The molecular formula is C16H15IO2. The van der Waals surface area contributed by atoms with Crippen LogP contribution in [-0.2, 0) is 0 Å². The molecule has 2 aromatic rings. The summed E-state index contributed by atoms with van der Waals surface area (Å²) in [6.07, 6.45) is 0. The fraction of sp³-hybridized carbons (Fsp3) is 0.188. The number of ketones is 1. The Labute approximate surface area is 126 Å². The van der Waals surface area contributed by atoms with E-state index in [9.17, 15) is 4.79 Å². The molecule has 0 saturated carbocycles. The van der Waals surface area contributed by atoms with Crippen molar-refractivity contribution >= 4 is 28.4 Å². The van der Waals surface area contributed by atoms with Crippen LogP contribution in [0.25, 0.3) is 0 Å². The van der Waals surface area contributed by atoms with E-state index in [1.807, 2.05) is 55.5 Å². The normalized spacial score (nSPS) is 11.9. The zero-order chi connectivity index (χ0) is 13.8. The highest BCUT2D eigenvalue weighted by Gasteiger charge is 2.18. The Kier molecular flexibility index (Phi) is 4.58. The van der Waals surface area contributed by atoms with Crippen molar-refractivity contribution in [2.45, 2.75) is 12.8 Å². The Bertz CT molecular complexity index is 576. The molecule has 98 valence electrons. The van der Waals surface area contributed by atoms with E-state index in [4.69, 9.17) is 4.74 Å². The van der Waals surface area contributed by atoms with Crippen molar-refractivity contribution in [1.29, 1.82) is 0 Å². The third kappa shape index (κ3) is 3.15. The Balaban J connectivity index is 2.26. The average molecular weight is 366 g/mol. The van der Waals surface area contributed by atoms with Crippen molar-refractivity contribution in [3.63, 3.8) is 0 Å². The molecule has 0 fully saturated rings. The van der Waals surface area contributed by atoms with E-state index in [-0.39, 0.29) is 11.7 Å². The number of ether oxygens (including phenoxy) is 1. The fourth-order valence-corrected chi connectivity index (χ4v) is 2.83. The lowest BCUT2D eigenvalue weighted by Crippen LogP contribution is -2.10. The van der Waals surface area contributed by atoms with E-state index >= 15 is 0 Å². The molecule has 0 heterocycles. The minimum Gasteiger partial charge on any atom is -0.497 e. The molecule has 3 heteroatoms. The Morgan fingerprint density at radius 3 is 2.32 bits per heavy atom. The molecule has 0 aliphatic heterocycles. The van der Waals surface area contributed by atoms with Gasteiger partial charge in [-0.05, 0) is 58.5 Å². The number of Topliss-reactive ketones (excluding diaryl/α,β-unsaturated/α-hetero) is 1. The Hall–Kier alpha value is -1.36. The molecule has 0 spiro atoms. The van der Waals surface area contributed by atoms with Crippen LogP contribution in [0.3, 0.4) is 0 Å². The van der Waals surface area contributed by atoms with Gasteiger partial charge >= 0.3 is 0 Å². The summed E-state index contributed by atoms with van der Waals surface area (Å²) in [5.74, 6) is 0.756. The number of carbonyl (C=O) groups is 1. The monoisotopic (exact) mass is 366 g/mol. The van der Waals surface area contributed by atoms with Gasteiger partial charge in [-0.1, -0.05) is 25.1 Å². The molecule has 0 aliphatic carbocycles. The van der Waals surface area contributed by atoms with Crippen molar-refractivity contribution in [2.24, 2.45) is 0 Å². The minimum absolute atomic E-state index is 0.131. The third-order valence-electron chi connectivity index (χ3n) is 3.14. The van der Waals surface area contributed by atoms with E-state index in [0.29, 0.717) is 5.56 Å². The van der Waals surface area contributed by atoms with Crippen LogP contribution < -0.4 is 4.74 Å². The first-order valence-corrected chi connectivity index (χ1v) is 7.14. The van der Waals surface area contributed by atoms with Crippen molar-refractivity contribution in [1.82, 2.24) is 0 Å². The van der Waals surface area contributed by atoms with Gasteiger partial charge in [0.2, 0.25) is 0 Å². The highest BCUT2D eigenvalue weighted by molar-refractivity contribution is 14.1. The van der Waals surface area contributed by atoms with Crippen molar-refractivity contribution in [2.75, 3.05) is 7.11 Å². The molecule has 19 heavy (non-hydrogen) atoms. The van der Waals surface area contributed by atoms with Gasteiger partial charge in [0.15, 0.2) is 5.78 Å². The van der Waals surface area contributed by atoms with Crippen LogP contribution in [-0.4, -0.2) is 12.9 Å². The van der Waals surface area contributed by atoms with Gasteiger partial charge in [0.1, 0.15) is 5.75 Å². The summed E-state index contributed by atoms with van der Waals surface area (Å²) >= 11 is 2.27. The van der Waals surface area contributed by atoms with E-state index in [2.05, 4.69) is 22.6 Å². The first-order valence-electron chi connectivity index (χ1n) is 6.06. The van der Waals surface area contributed by atoms with Crippen LogP contribution in [0.2, 0.25) is 0 Å². The number of rotatable bonds is 4. The smallest absolute Gasteiger partial charge is 0.170 e. The zero-order valence-electron chi connectivity index (χ0n) is 10.9. The van der Waals surface area contributed by atoms with E-state index < -0.39 is 0 Å². The molecule has 2 aromatic carbocycles. The summed E-state index contributed by atoms with van der Waals surface area (Å²) in [5, 5.41) is 0. The summed E-state index contributed by atoms with van der Waals surface area (Å²) in [6, 6.07) is 15.2. The second kappa shape index (κ2) is 6.19. The van der Waals surface area contributed by atoms with E-state index in [0.717, 1.165) is 14.9 Å². The molecule has 1 atom stereocenters. The summed E-state index contributed by atoms with van der Waals surface area (Å²) in [5.41, 5.74) is 1.79. The predicted octanol–water partition coefficient (Wildman–Crippen LogP) is 4.29. The fourth-order valence-electron chi connectivity index (χ4n) is 1.97. The maximum atomic E-state index is 12.5. The van der Waals surface area contributed by atoms with Gasteiger partial charge in [-0.25, -0.2) is 0 Å². The molecule has 0 saturated heterocycles. The molecular weight excluding hydrogens is 351 g/mol. The number of methoxy groups -OCH3 is 1. The van der Waals surface area contributed by atoms with E-state index in [1.165, 1.54) is 0 Å². The zero-order valence-corrected chi connectivity index (χ0v) is 13.0. The van der Waals surface area contributed by atoms with Crippen LogP contribution in [0, 0.1) is 3.57 Å². The topological polar surface area (TPSA) is 26.3 Å². The second-order valence-corrected chi connectivity index (χ2v) is 5.50. The Morgan fingerprint density at radius 1 is 1.11 bits per heavy atom. The quantitative estimate of drug-likeness (QED) is 0.596. The maximum Gasteiger partial charge on any atom is 0.170 e. The minimum atomic E-state index is -0.138. The molecule has 0 radical (unpaired) electrons. The van der Waals surface area contributed by atoms with Gasteiger partial charge in [0.05, 0.1) is 7.11 Å². The molecule has 0 aromatic heterocycles. The van der Waals surface area contributed by atoms with Gasteiger partial charge < -0.3 is 4.74 Å². The molecule has 2 rings (SSSR count). The number of benzene rings is 2. The summed E-state index contributed by atoms with van der Waals surface area (Å²) < 4.78 is 6.22. The molecule has 0 aliphatic rings. The molecule has 0 bridgehead atoms. The Morgan fingerprint density at radius 2 is 1.74 bits per heavy atom. The molecule has 0 N–H and O–H groups in total. The van der Waals surface area contributed by atoms with Crippen LogP contribution >= 0.6 is 22.6 Å². The van der Waals surface area contributed by atoms with Crippen molar-refractivity contribution < 1.29 is 9.53 Å². The summed E-state index contributed by atoms with van der Waals surface area (Å²) in [4.78, 5) is 12.5. The van der Waals surface area contributed by atoms with Crippen LogP contribution in [0.15, 0.2) is 48.5 Å². The molecule has 1 unspecified atom stereocenters. The summed E-state index contributed by atoms with van der Waals surface area (Å²) in [6.45, 7) is 1.95. The molecule has 0 amide bonds. The number of carbonyl (C=O) groups excluding carboxylic acids is 1. The maximum absolute atomic E-state index is 12.5. The average Bonchev–Trinajstić information content (AvgIpc) is 2.46. The number of hydrogen-bond acceptors (Lipinski definition) is 2. The number of halogens is 1. The summed E-state index contributed by atoms with van der Waals surface area (Å²) in [7, 11) is 1.62. The highest BCUT2D eigenvalue weighted by atomic mass is 127. The van der Waals surface area contributed by atoms with E-state index in [1.54, 1.807) is 7.11 Å². The van der Waals surface area contributed by atoms with Gasteiger partial charge in [-0.2, -0.15) is 0 Å². The van der Waals surface area contributed by atoms with Crippen LogP contribution in [0.1, 0.15) is 28.8 Å². The van der Waals surface area contributed by atoms with Gasteiger partial charge in [0, 0.05) is 15.1 Å². The van der Waals surface area contributed by atoms with Crippen molar-refractivity contribution in [3.05, 3.63) is 63.2 Å². The SMILES string of the molecule is COc1ccc(C(=O)C(C)c2ccccc2I)cc1. The van der Waals surface area contributed by atoms with Gasteiger partial charge in [-0.3, -0.25) is 4.79 Å². The highest BCUT2D eigenvalue weighted by Crippen LogP contribution is 2.25. The predicted molar refractivity (Wildman–Crippen MR) is 84.9 cm³/mol. The standard InChI is InChI=1S/C16H15IO2/c1-11(14-5-3-4-6-15(14)17)16(18)12-7-9-13(19-2)10-8-12/h3-11H,1-2H3. The first kappa shape index (κ1) is 14.1. The van der Waals surface area contributed by atoms with Gasteiger partial charge in [-0.15, -0.1) is 0 Å². The number of hydrogen-bond donors (Lipinski definition) is 0. The lowest BCUT2D eigenvalue weighted by Gasteiger charge is -2.13. The largest absolute Gasteiger partial charge is 0.497 e. The second-order valence-electron chi connectivity index (χ2n) is 4.34. The van der Waals surface area contributed by atoms with Crippen LogP contribution in [0.4, 0.5) is 0 Å². The van der Waals surface area contributed by atoms with Crippen LogP contribution in [0.5, 0.6) is 5.75 Å². The lowest BCUT2D eigenvalue weighted by atomic mass is 9.92. The first-order chi connectivity index (χ1) is 9.13. The van der Waals surface area contributed by atoms with Gasteiger partial charge in [0.25, 0.3) is 0 Å².